The fourth-order valence-electron chi connectivity index (χ4n) is 0.628. The van der Waals surface area contributed by atoms with E-state index in [0.717, 1.165) is 5.69 Å². The van der Waals surface area contributed by atoms with Crippen LogP contribution in [0.25, 0.3) is 0 Å². The Morgan fingerprint density at radius 2 is 0.538 bits per heavy atom. The molecule has 0 saturated carbocycles. The Balaban J connectivity index is -0.0000000830. The largest absolute Gasteiger partial charge is 0.508 e. The van der Waals surface area contributed by atoms with E-state index >= 15 is 0 Å². The molecule has 14 N–H and O–H groups in total. The number of benzene rings is 1. The molecule has 1 aromatic carbocycles. The topological polar surface area (TPSA) is 480 Å². The highest BCUT2D eigenvalue weighted by molar-refractivity contribution is 7.81. The van der Waals surface area contributed by atoms with Crippen LogP contribution in [0.5, 0.6) is 5.75 Å². The summed E-state index contributed by atoms with van der Waals surface area (Å²) in [6.07, 6.45) is 0. The van der Waals surface area contributed by atoms with Crippen LogP contribution in [-0.4, -0.2) is 117 Å². The average Bonchev–Trinajstić information content (AvgIpc) is 2.45. The van der Waals surface area contributed by atoms with E-state index in [2.05, 4.69) is 5.32 Å². The molecular formula is C7H21NO25S6. The molecule has 39 heavy (non-hydrogen) atoms. The third-order valence-electron chi connectivity index (χ3n) is 1.16. The summed E-state index contributed by atoms with van der Waals surface area (Å²) >= 11 is 0. The van der Waals surface area contributed by atoms with Crippen molar-refractivity contribution >= 4 is 68.1 Å². The fraction of sp³-hybridized carbons (Fsp3) is 0.143. The number of hydrogen-bond donors (Lipinski definition) is 14. The van der Waals surface area contributed by atoms with Crippen LogP contribution in [-0.2, 0) is 62.4 Å². The number of nitrogens with one attached hydrogen (secondary N) is 1. The van der Waals surface area contributed by atoms with E-state index in [1.165, 1.54) is 0 Å². The van der Waals surface area contributed by atoms with Crippen molar-refractivity contribution in [3.63, 3.8) is 0 Å². The number of rotatable bonds is 1. The predicted octanol–water partition coefficient (Wildman–Crippen LogP) is -2.48. The number of phenolic OH excluding ortho intramolecular Hbond substituents is 1. The van der Waals surface area contributed by atoms with Gasteiger partial charge in [0.05, 0.1) is 0 Å². The van der Waals surface area contributed by atoms with Gasteiger partial charge in [-0.25, -0.2) is 0 Å². The standard InChI is InChI=1S/C7H9NO.6H2O4S/c1-8-6-2-4-7(9)5-3-6;6*1-5(2,3)4/h2-5,8-9H,1H3;6*(H2,1,2,3,4). The van der Waals surface area contributed by atoms with E-state index in [0.29, 0.717) is 5.75 Å². The first kappa shape index (κ1) is 49.9. The lowest BCUT2D eigenvalue weighted by molar-refractivity contribution is 0.378. The molecule has 0 aromatic heterocycles. The summed E-state index contributed by atoms with van der Waals surface area (Å²) in [5, 5.41) is 11.8. The van der Waals surface area contributed by atoms with Gasteiger partial charge in [-0.05, 0) is 24.3 Å². The molecule has 240 valence electrons. The molecule has 0 heterocycles. The van der Waals surface area contributed by atoms with Gasteiger partial charge in [0.15, 0.2) is 0 Å². The van der Waals surface area contributed by atoms with Crippen LogP contribution >= 0.6 is 0 Å². The first-order valence-corrected chi connectivity index (χ1v) is 15.4. The van der Waals surface area contributed by atoms with Gasteiger partial charge in [-0.15, -0.1) is 0 Å². The number of aromatic hydroxyl groups is 1. The maximum Gasteiger partial charge on any atom is 0.394 e. The quantitative estimate of drug-likeness (QED) is 0.106. The lowest BCUT2D eigenvalue weighted by atomic mass is 10.3. The van der Waals surface area contributed by atoms with E-state index in [-0.39, 0.29) is 0 Å². The first-order valence-electron chi connectivity index (χ1n) is 6.99. The monoisotopic (exact) mass is 711 g/mol. The van der Waals surface area contributed by atoms with Gasteiger partial charge in [0.25, 0.3) is 0 Å². The molecule has 0 spiro atoms. The van der Waals surface area contributed by atoms with Gasteiger partial charge in [-0.2, -0.15) is 50.5 Å². The highest BCUT2D eigenvalue weighted by Gasteiger charge is 1.87. The molecule has 0 aliphatic rings. The fourth-order valence-corrected chi connectivity index (χ4v) is 0.628. The molecule has 26 nitrogen and oxygen atoms in total. The molecule has 0 unspecified atom stereocenters. The minimum atomic E-state index is -4.67. The summed E-state index contributed by atoms with van der Waals surface area (Å²) in [6, 6.07) is 6.92. The second-order valence-electron chi connectivity index (χ2n) is 4.48. The lowest BCUT2D eigenvalue weighted by Gasteiger charge is -1.96. The Morgan fingerprint density at radius 3 is 0.641 bits per heavy atom. The second-order valence-corrected chi connectivity index (χ2v) is 9.86. The van der Waals surface area contributed by atoms with E-state index in [1.807, 2.05) is 19.2 Å². The molecule has 0 radical (unpaired) electrons. The summed E-state index contributed by atoms with van der Waals surface area (Å²) in [7, 11) is -26.2. The summed E-state index contributed by atoms with van der Waals surface area (Å²) in [4.78, 5) is 0. The maximum atomic E-state index is 8.82. The summed E-state index contributed by atoms with van der Waals surface area (Å²) in [5.41, 5.74) is 1.01. The van der Waals surface area contributed by atoms with E-state index in [9.17, 15) is 0 Å². The van der Waals surface area contributed by atoms with Gasteiger partial charge < -0.3 is 10.4 Å². The third-order valence-corrected chi connectivity index (χ3v) is 1.16. The molecule has 0 fully saturated rings. The average molecular weight is 712 g/mol. The van der Waals surface area contributed by atoms with Crippen LogP contribution in [0, 0.1) is 0 Å². The molecule has 0 atom stereocenters. The van der Waals surface area contributed by atoms with Crippen molar-refractivity contribution in [1.82, 2.24) is 0 Å². The van der Waals surface area contributed by atoms with Crippen molar-refractivity contribution in [1.29, 1.82) is 0 Å². The Kier molecular flexibility index (Phi) is 27.9. The van der Waals surface area contributed by atoms with Crippen LogP contribution in [0.3, 0.4) is 0 Å². The highest BCUT2D eigenvalue weighted by atomic mass is 32.3. The molecule has 1 aromatic rings. The molecule has 0 saturated heterocycles. The molecule has 0 amide bonds. The summed E-state index contributed by atoms with van der Waals surface area (Å²) in [5.74, 6) is 0.300. The van der Waals surface area contributed by atoms with E-state index < -0.39 is 62.4 Å². The van der Waals surface area contributed by atoms with E-state index in [4.69, 9.17) is 110 Å². The van der Waals surface area contributed by atoms with Gasteiger partial charge in [0.1, 0.15) is 5.75 Å². The minimum absolute atomic E-state index is 0.300. The lowest BCUT2D eigenvalue weighted by Crippen LogP contribution is -1.89. The van der Waals surface area contributed by atoms with Crippen molar-refractivity contribution in [2.45, 2.75) is 0 Å². The van der Waals surface area contributed by atoms with Crippen LogP contribution in [0.15, 0.2) is 24.3 Å². The molecule has 0 bridgehead atoms. The number of anilines is 1. The smallest absolute Gasteiger partial charge is 0.394 e. The Labute approximate surface area is 220 Å². The normalized spacial score (nSPS) is 11.0. The van der Waals surface area contributed by atoms with Crippen LogP contribution in [0.2, 0.25) is 0 Å². The zero-order valence-corrected chi connectivity index (χ0v) is 22.9. The van der Waals surface area contributed by atoms with E-state index in [1.54, 1.807) is 12.1 Å². The zero-order chi connectivity index (χ0) is 33.7. The molecule has 0 aliphatic carbocycles. The molecule has 0 aliphatic heterocycles. The molecular weight excluding hydrogens is 690 g/mol. The zero-order valence-electron chi connectivity index (χ0n) is 18.0. The van der Waals surface area contributed by atoms with Gasteiger partial charge in [0, 0.05) is 12.7 Å². The van der Waals surface area contributed by atoms with Crippen molar-refractivity contribution < 1.29 is 110 Å². The maximum absolute atomic E-state index is 8.82. The molecule has 32 heteroatoms. The first-order chi connectivity index (χ1) is 16.3. The Hall–Kier alpha value is -1.96. The summed E-state index contributed by atoms with van der Waals surface area (Å²) in [6.45, 7) is 0. The van der Waals surface area contributed by atoms with Crippen LogP contribution < -0.4 is 5.32 Å². The third kappa shape index (κ3) is 414. The van der Waals surface area contributed by atoms with Crippen LogP contribution in [0.4, 0.5) is 5.69 Å². The molecule has 1 rings (SSSR count). The van der Waals surface area contributed by atoms with Gasteiger partial charge in [-0.1, -0.05) is 0 Å². The minimum Gasteiger partial charge on any atom is -0.508 e. The Morgan fingerprint density at radius 1 is 0.410 bits per heavy atom. The van der Waals surface area contributed by atoms with Crippen molar-refractivity contribution in [2.24, 2.45) is 0 Å². The van der Waals surface area contributed by atoms with Gasteiger partial charge >= 0.3 is 62.4 Å². The van der Waals surface area contributed by atoms with Crippen molar-refractivity contribution in [3.8, 4) is 5.75 Å². The second kappa shape index (κ2) is 21.8. The van der Waals surface area contributed by atoms with Crippen molar-refractivity contribution in [3.05, 3.63) is 24.3 Å². The number of hydrogen-bond acceptors (Lipinski definition) is 14. The number of phenols is 1. The predicted molar refractivity (Wildman–Crippen MR) is 123 cm³/mol. The van der Waals surface area contributed by atoms with Crippen molar-refractivity contribution in [2.75, 3.05) is 12.4 Å². The summed E-state index contributed by atoms with van der Waals surface area (Å²) < 4.78 is 190. The van der Waals surface area contributed by atoms with Gasteiger partial charge in [-0.3, -0.25) is 54.6 Å². The van der Waals surface area contributed by atoms with Crippen LogP contribution in [0.1, 0.15) is 0 Å². The van der Waals surface area contributed by atoms with Gasteiger partial charge in [0.2, 0.25) is 0 Å². The SMILES string of the molecule is CNc1ccc(O)cc1.O=S(=O)(O)O.O=S(=O)(O)O.O=S(=O)(O)O.O=S(=O)(O)O.O=S(=O)(O)O.O=S(=O)(O)O. The Bertz CT molecular complexity index is 1120. The highest BCUT2D eigenvalue weighted by Crippen LogP contribution is 2.12.